The van der Waals surface area contributed by atoms with Crippen LogP contribution >= 0.6 is 0 Å². The number of unbranched alkanes of at least 4 members (excludes halogenated alkanes) is 13. The van der Waals surface area contributed by atoms with Crippen LogP contribution in [0.25, 0.3) is 0 Å². The van der Waals surface area contributed by atoms with Crippen molar-refractivity contribution >= 4 is 5.91 Å². The van der Waals surface area contributed by atoms with Crippen LogP contribution in [0.15, 0.2) is 36.5 Å². The lowest BCUT2D eigenvalue weighted by Crippen LogP contribution is -2.60. The van der Waals surface area contributed by atoms with Gasteiger partial charge >= 0.3 is 0 Å². The second kappa shape index (κ2) is 26.6. The Labute approximate surface area is 266 Å². The smallest absolute Gasteiger partial charge is 0.220 e. The van der Waals surface area contributed by atoms with Crippen molar-refractivity contribution in [1.29, 1.82) is 0 Å². The third-order valence-electron chi connectivity index (χ3n) is 8.01. The Hall–Kier alpha value is -1.59. The maximum Gasteiger partial charge on any atom is 0.220 e. The minimum Gasteiger partial charge on any atom is -0.394 e. The molecule has 0 spiro atoms. The van der Waals surface area contributed by atoms with Crippen LogP contribution < -0.4 is 5.32 Å². The van der Waals surface area contributed by atoms with Gasteiger partial charge < -0.3 is 40.3 Å². The van der Waals surface area contributed by atoms with Gasteiger partial charge in [0.15, 0.2) is 6.29 Å². The van der Waals surface area contributed by atoms with E-state index in [0.717, 1.165) is 25.7 Å². The van der Waals surface area contributed by atoms with Crippen LogP contribution in [0.2, 0.25) is 0 Å². The molecule has 1 amide bonds. The van der Waals surface area contributed by atoms with Gasteiger partial charge in [0.25, 0.3) is 0 Å². The van der Waals surface area contributed by atoms with Crippen LogP contribution in [0.4, 0.5) is 0 Å². The summed E-state index contributed by atoms with van der Waals surface area (Å²) >= 11 is 0. The number of nitrogens with one attached hydrogen (secondary N) is 1. The van der Waals surface area contributed by atoms with E-state index in [1.165, 1.54) is 77.0 Å². The van der Waals surface area contributed by atoms with Gasteiger partial charge in [0.1, 0.15) is 24.4 Å². The molecule has 1 aliphatic heterocycles. The molecule has 0 aromatic carbocycles. The number of rotatable bonds is 26. The molecular formula is C35H63NO8. The third kappa shape index (κ3) is 18.4. The van der Waals surface area contributed by atoms with Gasteiger partial charge in [-0.3, -0.25) is 4.79 Å². The lowest BCUT2D eigenvalue weighted by molar-refractivity contribution is -0.302. The fraction of sp³-hybridized carbons (Fsp3) is 0.800. The molecule has 1 saturated heterocycles. The summed E-state index contributed by atoms with van der Waals surface area (Å²) in [4.78, 5) is 12.0. The van der Waals surface area contributed by atoms with E-state index in [4.69, 9.17) is 9.47 Å². The van der Waals surface area contributed by atoms with E-state index in [9.17, 15) is 30.3 Å². The molecule has 0 aromatic rings. The fourth-order valence-electron chi connectivity index (χ4n) is 5.09. The second-order valence-corrected chi connectivity index (χ2v) is 11.9. The number of carbonyl (C=O) groups is 1. The molecule has 256 valence electrons. The highest BCUT2D eigenvalue weighted by Crippen LogP contribution is 2.22. The molecule has 0 radical (unpaired) electrons. The van der Waals surface area contributed by atoms with Gasteiger partial charge in [0.2, 0.25) is 5.91 Å². The number of allylic oxidation sites excluding steroid dienone is 5. The number of aliphatic hydroxyl groups excluding tert-OH is 5. The third-order valence-corrected chi connectivity index (χ3v) is 8.01. The summed E-state index contributed by atoms with van der Waals surface area (Å²) in [5.41, 5.74) is 0. The van der Waals surface area contributed by atoms with Crippen molar-refractivity contribution in [2.24, 2.45) is 0 Å². The first-order chi connectivity index (χ1) is 21.3. The summed E-state index contributed by atoms with van der Waals surface area (Å²) in [6.45, 7) is 3.17. The van der Waals surface area contributed by atoms with Crippen molar-refractivity contribution in [2.45, 2.75) is 166 Å². The molecule has 1 heterocycles. The SMILES string of the molecule is CCCCCCCCCCCCC/C=C/CC/C=C/CC/C=C/C(O)C(COC1OC(CO)C(O)C(O)C1O)NC(=O)CC. The van der Waals surface area contributed by atoms with Gasteiger partial charge in [-0.05, 0) is 38.5 Å². The van der Waals surface area contributed by atoms with E-state index in [1.54, 1.807) is 13.0 Å². The van der Waals surface area contributed by atoms with Crippen molar-refractivity contribution in [2.75, 3.05) is 13.2 Å². The first-order valence-corrected chi connectivity index (χ1v) is 17.2. The highest BCUT2D eigenvalue weighted by atomic mass is 16.7. The predicted molar refractivity (Wildman–Crippen MR) is 175 cm³/mol. The number of hydrogen-bond acceptors (Lipinski definition) is 8. The van der Waals surface area contributed by atoms with Crippen LogP contribution in [0.5, 0.6) is 0 Å². The summed E-state index contributed by atoms with van der Waals surface area (Å²) < 4.78 is 10.9. The van der Waals surface area contributed by atoms with Crippen molar-refractivity contribution in [3.05, 3.63) is 36.5 Å². The van der Waals surface area contributed by atoms with Gasteiger partial charge in [0, 0.05) is 6.42 Å². The molecule has 0 aliphatic carbocycles. The zero-order valence-corrected chi connectivity index (χ0v) is 27.4. The van der Waals surface area contributed by atoms with E-state index >= 15 is 0 Å². The average Bonchev–Trinajstić information content (AvgIpc) is 3.03. The molecule has 7 unspecified atom stereocenters. The molecule has 9 nitrogen and oxygen atoms in total. The molecule has 9 heteroatoms. The molecule has 0 bridgehead atoms. The van der Waals surface area contributed by atoms with E-state index in [2.05, 4.69) is 36.5 Å². The normalized spacial score (nSPS) is 24.0. The maximum atomic E-state index is 12.0. The molecule has 7 atom stereocenters. The molecule has 1 fully saturated rings. The zero-order valence-electron chi connectivity index (χ0n) is 27.4. The Morgan fingerprint density at radius 2 is 1.27 bits per heavy atom. The van der Waals surface area contributed by atoms with Gasteiger partial charge in [-0.2, -0.15) is 0 Å². The van der Waals surface area contributed by atoms with E-state index < -0.39 is 49.5 Å². The van der Waals surface area contributed by atoms with E-state index in [-0.39, 0.29) is 18.9 Å². The largest absolute Gasteiger partial charge is 0.394 e. The minimum absolute atomic E-state index is 0.215. The second-order valence-electron chi connectivity index (χ2n) is 11.9. The summed E-state index contributed by atoms with van der Waals surface area (Å²) in [6.07, 6.45) is 24.3. The zero-order chi connectivity index (χ0) is 32.4. The average molecular weight is 626 g/mol. The van der Waals surface area contributed by atoms with E-state index in [0.29, 0.717) is 0 Å². The van der Waals surface area contributed by atoms with Crippen molar-refractivity contribution in [3.63, 3.8) is 0 Å². The maximum absolute atomic E-state index is 12.0. The molecule has 44 heavy (non-hydrogen) atoms. The highest BCUT2D eigenvalue weighted by molar-refractivity contribution is 5.75. The van der Waals surface area contributed by atoms with Crippen LogP contribution in [-0.4, -0.2) is 87.5 Å². The number of carbonyl (C=O) groups excluding carboxylic acids is 1. The Bertz CT molecular complexity index is 787. The summed E-state index contributed by atoms with van der Waals surface area (Å²) in [5, 5.41) is 52.8. The van der Waals surface area contributed by atoms with Crippen LogP contribution in [0.1, 0.15) is 123 Å². The monoisotopic (exact) mass is 625 g/mol. The van der Waals surface area contributed by atoms with Crippen molar-refractivity contribution in [1.82, 2.24) is 5.32 Å². The first kappa shape index (κ1) is 40.4. The van der Waals surface area contributed by atoms with Crippen molar-refractivity contribution < 1.29 is 39.8 Å². The molecule has 0 aromatic heterocycles. The molecule has 1 rings (SSSR count). The summed E-state index contributed by atoms with van der Waals surface area (Å²) in [7, 11) is 0. The molecular weight excluding hydrogens is 562 g/mol. The lowest BCUT2D eigenvalue weighted by Gasteiger charge is -2.40. The fourth-order valence-corrected chi connectivity index (χ4v) is 5.09. The minimum atomic E-state index is -1.57. The topological polar surface area (TPSA) is 149 Å². The highest BCUT2D eigenvalue weighted by Gasteiger charge is 2.44. The molecule has 1 aliphatic rings. The molecule has 6 N–H and O–H groups in total. The molecule has 0 saturated carbocycles. The Balaban J connectivity index is 2.21. The number of amides is 1. The summed E-state index contributed by atoms with van der Waals surface area (Å²) in [5.74, 6) is -0.282. The Morgan fingerprint density at radius 1 is 0.750 bits per heavy atom. The summed E-state index contributed by atoms with van der Waals surface area (Å²) in [6, 6.07) is -0.821. The van der Waals surface area contributed by atoms with E-state index in [1.807, 2.05) is 6.08 Å². The van der Waals surface area contributed by atoms with Gasteiger partial charge in [-0.25, -0.2) is 0 Å². The number of hydrogen-bond donors (Lipinski definition) is 6. The van der Waals surface area contributed by atoms with Crippen LogP contribution in [0, 0.1) is 0 Å². The first-order valence-electron chi connectivity index (χ1n) is 17.2. The standard InChI is InChI=1S/C35H63NO8/c1-3-5-6-7-8-9-10-11-12-13-14-15-16-17-18-19-20-21-22-23-24-25-29(38)28(36-31(39)4-2)27-43-35-34(42)33(41)32(40)30(26-37)44-35/h16-17,20-21,24-25,28-30,32-35,37-38,40-42H,3-15,18-19,22-23,26-27H2,1-2H3,(H,36,39)/b17-16+,21-20+,25-24+. The van der Waals surface area contributed by atoms with Crippen LogP contribution in [0.3, 0.4) is 0 Å². The Morgan fingerprint density at radius 3 is 1.82 bits per heavy atom. The van der Waals surface area contributed by atoms with Crippen LogP contribution in [-0.2, 0) is 14.3 Å². The number of aliphatic hydroxyl groups is 5. The van der Waals surface area contributed by atoms with Gasteiger partial charge in [-0.1, -0.05) is 115 Å². The van der Waals surface area contributed by atoms with Gasteiger partial charge in [0.05, 0.1) is 25.4 Å². The Kier molecular flexibility index (Phi) is 24.5. The van der Waals surface area contributed by atoms with Crippen molar-refractivity contribution in [3.8, 4) is 0 Å². The quantitative estimate of drug-likeness (QED) is 0.0582. The van der Waals surface area contributed by atoms with Gasteiger partial charge in [-0.15, -0.1) is 0 Å². The predicted octanol–water partition coefficient (Wildman–Crippen LogP) is 4.99. The number of ether oxygens (including phenoxy) is 2. The lowest BCUT2D eigenvalue weighted by atomic mass is 9.99.